The average molecular weight is 463 g/mol. The van der Waals surface area contributed by atoms with Gasteiger partial charge in [0.15, 0.2) is 0 Å². The van der Waals surface area contributed by atoms with E-state index in [0.29, 0.717) is 38.4 Å². The number of piperidine rings is 1. The number of nitrogens with one attached hydrogen (secondary N) is 1. The number of aryl methyl sites for hydroxylation is 2. The average Bonchev–Trinajstić information content (AvgIpc) is 3.02. The van der Waals surface area contributed by atoms with Crippen molar-refractivity contribution in [1.82, 2.24) is 14.5 Å². The van der Waals surface area contributed by atoms with Gasteiger partial charge in [-0.3, -0.25) is 24.0 Å². The van der Waals surface area contributed by atoms with Gasteiger partial charge in [0.05, 0.1) is 37.5 Å². The Labute approximate surface area is 190 Å². The molecule has 0 radical (unpaired) electrons. The van der Waals surface area contributed by atoms with Gasteiger partial charge in [-0.2, -0.15) is 0 Å². The summed E-state index contributed by atoms with van der Waals surface area (Å²) in [6.45, 7) is 1.59. The lowest BCUT2D eigenvalue weighted by molar-refractivity contribution is -0.143. The molecule has 2 aromatic rings. The number of aromatic nitrogens is 2. The van der Waals surface area contributed by atoms with Crippen molar-refractivity contribution in [3.8, 4) is 0 Å². The fourth-order valence-electron chi connectivity index (χ4n) is 3.77. The second kappa shape index (κ2) is 11.7. The normalized spacial score (nSPS) is 16.3. The van der Waals surface area contributed by atoms with Crippen LogP contribution in [0.15, 0.2) is 23.0 Å². The van der Waals surface area contributed by atoms with Crippen LogP contribution in [0.2, 0.25) is 0 Å². The Morgan fingerprint density at radius 2 is 1.76 bits per heavy atom. The fourth-order valence-corrected chi connectivity index (χ4v) is 3.77. The third-order valence-corrected chi connectivity index (χ3v) is 5.40. The monoisotopic (exact) mass is 463 g/mol. The summed E-state index contributed by atoms with van der Waals surface area (Å²) in [5.41, 5.74) is 2.17. The highest BCUT2D eigenvalue weighted by Gasteiger charge is 2.31. The molecule has 0 bridgehead atoms. The number of benzene rings is 1. The van der Waals surface area contributed by atoms with E-state index < -0.39 is 17.9 Å². The quantitative estimate of drug-likeness (QED) is 0.321. The smallest absolute Gasteiger partial charge is 0.329 e. The first-order valence-electron chi connectivity index (χ1n) is 10.9. The number of fused-ring (bicyclic) bond motifs is 1. The zero-order valence-corrected chi connectivity index (χ0v) is 18.6. The maximum atomic E-state index is 12.8. The van der Waals surface area contributed by atoms with Crippen molar-refractivity contribution >= 4 is 28.8 Å². The first kappa shape index (κ1) is 24.6. The Balaban J connectivity index is 1.46. The van der Waals surface area contributed by atoms with E-state index in [4.69, 9.17) is 19.3 Å². The first-order chi connectivity index (χ1) is 15.9. The van der Waals surface area contributed by atoms with Gasteiger partial charge in [0, 0.05) is 20.1 Å². The van der Waals surface area contributed by atoms with Gasteiger partial charge >= 0.3 is 11.7 Å². The molecule has 0 aliphatic carbocycles. The summed E-state index contributed by atoms with van der Waals surface area (Å²) >= 11 is 0. The lowest BCUT2D eigenvalue weighted by atomic mass is 10.1. The molecule has 2 N–H and O–H groups in total. The first-order valence-corrected chi connectivity index (χ1v) is 10.9. The number of hydrogen-bond donors (Lipinski definition) is 2. The van der Waals surface area contributed by atoms with E-state index in [0.717, 1.165) is 23.9 Å². The van der Waals surface area contributed by atoms with Gasteiger partial charge in [-0.25, -0.2) is 9.59 Å². The molecule has 0 saturated carbocycles. The predicted octanol–water partition coefficient (Wildman–Crippen LogP) is 0.385. The van der Waals surface area contributed by atoms with Gasteiger partial charge < -0.3 is 19.3 Å². The maximum Gasteiger partial charge on any atom is 0.329 e. The number of carboxylic acid groups (broad SMARTS) is 1. The van der Waals surface area contributed by atoms with Crippen LogP contribution in [-0.4, -0.2) is 71.7 Å². The molecule has 3 rings (SSSR count). The number of aliphatic carboxylic acids is 1. The Bertz CT molecular complexity index is 1060. The molecule has 1 aromatic carbocycles. The maximum absolute atomic E-state index is 12.8. The van der Waals surface area contributed by atoms with Crippen LogP contribution >= 0.6 is 0 Å². The minimum atomic E-state index is -1.01. The lowest BCUT2D eigenvalue weighted by Gasteiger charge is -2.21. The highest BCUT2D eigenvalue weighted by molar-refractivity contribution is 6.00. The summed E-state index contributed by atoms with van der Waals surface area (Å²) in [6.07, 6.45) is 2.06. The molecule has 11 nitrogen and oxygen atoms in total. The molecule has 1 aliphatic heterocycles. The van der Waals surface area contributed by atoms with E-state index >= 15 is 0 Å². The topological polar surface area (TPSA) is 138 Å². The van der Waals surface area contributed by atoms with Gasteiger partial charge in [0.25, 0.3) is 0 Å². The number of ether oxygens (including phenoxy) is 3. The van der Waals surface area contributed by atoms with Gasteiger partial charge in [-0.15, -0.1) is 0 Å². The van der Waals surface area contributed by atoms with Crippen LogP contribution in [0.1, 0.15) is 30.9 Å². The van der Waals surface area contributed by atoms with Crippen molar-refractivity contribution in [3.63, 3.8) is 0 Å². The zero-order valence-electron chi connectivity index (χ0n) is 18.6. The van der Waals surface area contributed by atoms with Crippen molar-refractivity contribution in [1.29, 1.82) is 0 Å². The molecule has 33 heavy (non-hydrogen) atoms. The van der Waals surface area contributed by atoms with Gasteiger partial charge in [-0.05, 0) is 37.0 Å². The number of amides is 2. The Kier molecular flexibility index (Phi) is 8.75. The molecular weight excluding hydrogens is 434 g/mol. The Morgan fingerprint density at radius 1 is 1.06 bits per heavy atom. The van der Waals surface area contributed by atoms with Gasteiger partial charge in [0.2, 0.25) is 11.8 Å². The van der Waals surface area contributed by atoms with E-state index in [1.165, 1.54) is 9.13 Å². The number of carboxylic acids is 1. The number of nitrogens with zero attached hydrogens (tertiary/aromatic N) is 2. The molecular formula is C22H29N3O8. The van der Waals surface area contributed by atoms with Crippen molar-refractivity contribution in [3.05, 3.63) is 34.2 Å². The minimum Gasteiger partial charge on any atom is -0.480 e. The SMILES string of the molecule is Cn1c(=O)n(C2CCC(=O)NC2=O)c2ccc(CCCOCCOCCOCC(=O)O)cc21. The summed E-state index contributed by atoms with van der Waals surface area (Å²) in [5.74, 6) is -1.77. The van der Waals surface area contributed by atoms with Crippen LogP contribution in [0.3, 0.4) is 0 Å². The number of rotatable bonds is 13. The van der Waals surface area contributed by atoms with Gasteiger partial charge in [0.1, 0.15) is 12.6 Å². The van der Waals surface area contributed by atoms with E-state index in [9.17, 15) is 19.2 Å². The number of hydrogen-bond acceptors (Lipinski definition) is 7. The lowest BCUT2D eigenvalue weighted by Crippen LogP contribution is -2.44. The largest absolute Gasteiger partial charge is 0.480 e. The fraction of sp³-hybridized carbons (Fsp3) is 0.545. The van der Waals surface area contributed by atoms with E-state index in [2.05, 4.69) is 5.32 Å². The van der Waals surface area contributed by atoms with Gasteiger partial charge in [-0.1, -0.05) is 6.07 Å². The predicted molar refractivity (Wildman–Crippen MR) is 117 cm³/mol. The summed E-state index contributed by atoms with van der Waals surface area (Å²) in [6, 6.07) is 5.03. The molecule has 1 unspecified atom stereocenters. The molecule has 1 aliphatic rings. The molecule has 0 spiro atoms. The van der Waals surface area contributed by atoms with Crippen LogP contribution in [0, 0.1) is 0 Å². The standard InChI is InChI=1S/C22H29N3O8/c1-24-18-13-15(3-2-8-31-9-10-32-11-12-33-14-20(27)28)4-5-16(18)25(22(24)30)17-6-7-19(26)23-21(17)29/h4-5,13,17H,2-3,6-12,14H2,1H3,(H,27,28)(H,23,26,29). The molecule has 1 aromatic heterocycles. The molecule has 1 fully saturated rings. The summed E-state index contributed by atoms with van der Waals surface area (Å²) in [5, 5.41) is 10.8. The Hall–Kier alpha value is -3.02. The summed E-state index contributed by atoms with van der Waals surface area (Å²) < 4.78 is 18.7. The second-order valence-electron chi connectivity index (χ2n) is 7.78. The zero-order chi connectivity index (χ0) is 23.8. The van der Waals surface area contributed by atoms with E-state index in [-0.39, 0.29) is 31.2 Å². The number of carbonyl (C=O) groups is 3. The number of imide groups is 1. The third-order valence-electron chi connectivity index (χ3n) is 5.40. The number of imidazole rings is 1. The minimum absolute atomic E-state index is 0.209. The van der Waals surface area contributed by atoms with Crippen LogP contribution in [0.5, 0.6) is 0 Å². The molecule has 2 amide bonds. The van der Waals surface area contributed by atoms with Crippen LogP contribution in [-0.2, 0) is 42.1 Å². The van der Waals surface area contributed by atoms with E-state index in [1.54, 1.807) is 7.05 Å². The highest BCUT2D eigenvalue weighted by atomic mass is 16.5. The highest BCUT2D eigenvalue weighted by Crippen LogP contribution is 2.24. The summed E-state index contributed by atoms with van der Waals surface area (Å²) in [7, 11) is 1.67. The molecule has 11 heteroatoms. The Morgan fingerprint density at radius 3 is 2.45 bits per heavy atom. The van der Waals surface area contributed by atoms with Crippen molar-refractivity contribution in [2.75, 3.05) is 39.6 Å². The van der Waals surface area contributed by atoms with E-state index in [1.807, 2.05) is 18.2 Å². The molecule has 2 heterocycles. The summed E-state index contributed by atoms with van der Waals surface area (Å²) in [4.78, 5) is 46.8. The molecule has 1 saturated heterocycles. The van der Waals surface area contributed by atoms with Crippen LogP contribution < -0.4 is 11.0 Å². The molecule has 1 atom stereocenters. The second-order valence-corrected chi connectivity index (χ2v) is 7.78. The number of carbonyl (C=O) groups excluding carboxylic acids is 2. The van der Waals surface area contributed by atoms with Crippen molar-refractivity contribution in [2.24, 2.45) is 7.05 Å². The third kappa shape index (κ3) is 6.50. The van der Waals surface area contributed by atoms with Crippen molar-refractivity contribution < 1.29 is 33.7 Å². The van der Waals surface area contributed by atoms with Crippen LogP contribution in [0.4, 0.5) is 0 Å². The molecule has 180 valence electrons. The van der Waals surface area contributed by atoms with Crippen LogP contribution in [0.25, 0.3) is 11.0 Å². The van der Waals surface area contributed by atoms with Crippen molar-refractivity contribution in [2.45, 2.75) is 31.7 Å².